The Bertz CT molecular complexity index is 558. The van der Waals surface area contributed by atoms with Gasteiger partial charge in [0.25, 0.3) is 0 Å². The number of esters is 1. The Labute approximate surface area is 127 Å². The van der Waals surface area contributed by atoms with Crippen LogP contribution < -0.4 is 5.32 Å². The van der Waals surface area contributed by atoms with Crippen LogP contribution in [0.25, 0.3) is 0 Å². The number of thioether (sulfide) groups is 1. The van der Waals surface area contributed by atoms with E-state index in [0.29, 0.717) is 32.4 Å². The molecule has 108 valence electrons. The Morgan fingerprint density at radius 3 is 2.60 bits per heavy atom. The number of Topliss-reactive ketones (excluding diaryl/α,β-unsaturated/α-hetero) is 1. The molecule has 1 heterocycles. The van der Waals surface area contributed by atoms with E-state index in [1.165, 1.54) is 24.9 Å². The number of halogens is 1. The Kier molecular flexibility index (Phi) is 6.26. The van der Waals surface area contributed by atoms with E-state index in [0.717, 1.165) is 0 Å². The fraction of sp³-hybridized carbons (Fsp3) is 0.286. The quantitative estimate of drug-likeness (QED) is 0.638. The lowest BCUT2D eigenvalue weighted by molar-refractivity contribution is 0.0596. The molecule has 4 nitrogen and oxygen atoms in total. The van der Waals surface area contributed by atoms with E-state index in [1.807, 2.05) is 14.1 Å². The maximum absolute atomic E-state index is 12.0. The van der Waals surface area contributed by atoms with Crippen molar-refractivity contribution in [1.82, 2.24) is 5.32 Å². The zero-order chi connectivity index (χ0) is 15.3. The first-order chi connectivity index (χ1) is 9.47. The van der Waals surface area contributed by atoms with Crippen LogP contribution in [0.5, 0.6) is 0 Å². The molecule has 0 atom stereocenters. The summed E-state index contributed by atoms with van der Waals surface area (Å²) in [7, 11) is 5.05. The van der Waals surface area contributed by atoms with Gasteiger partial charge >= 0.3 is 5.97 Å². The molecule has 1 aromatic carbocycles. The van der Waals surface area contributed by atoms with Crippen molar-refractivity contribution in [3.05, 3.63) is 40.4 Å². The molecule has 0 amide bonds. The van der Waals surface area contributed by atoms with Gasteiger partial charge in [-0.3, -0.25) is 4.79 Å². The van der Waals surface area contributed by atoms with Crippen LogP contribution in [0.3, 0.4) is 0 Å². The Balaban J connectivity index is 0.000000612. The number of ketones is 1. The number of carbonyl (C=O) groups is 2. The van der Waals surface area contributed by atoms with Crippen LogP contribution in [-0.4, -0.2) is 38.7 Å². The molecule has 0 spiro atoms. The summed E-state index contributed by atoms with van der Waals surface area (Å²) in [6, 6.07) is 3.10. The highest BCUT2D eigenvalue weighted by Crippen LogP contribution is 2.38. The Hall–Kier alpha value is -1.30. The van der Waals surface area contributed by atoms with Gasteiger partial charge in [0, 0.05) is 16.2 Å². The van der Waals surface area contributed by atoms with Gasteiger partial charge in [-0.15, -0.1) is 11.8 Å². The third-order valence-electron chi connectivity index (χ3n) is 2.45. The monoisotopic (exact) mass is 313 g/mol. The fourth-order valence-corrected chi connectivity index (χ4v) is 3.00. The fourth-order valence-electron chi connectivity index (χ4n) is 1.59. The van der Waals surface area contributed by atoms with Crippen LogP contribution >= 0.6 is 23.4 Å². The SMILES string of the molecule is C=C1CSc2c(C(=O)OC)ccc(Cl)c2C1=O.CNC. The zero-order valence-corrected chi connectivity index (χ0v) is 13.2. The lowest BCUT2D eigenvalue weighted by atomic mass is 10.0. The lowest BCUT2D eigenvalue weighted by Gasteiger charge is -2.19. The van der Waals surface area contributed by atoms with E-state index in [2.05, 4.69) is 16.6 Å². The third-order valence-corrected chi connectivity index (χ3v) is 3.97. The Morgan fingerprint density at radius 1 is 1.45 bits per heavy atom. The van der Waals surface area contributed by atoms with Crippen LogP contribution in [0.2, 0.25) is 5.02 Å². The standard InChI is InChI=1S/C12H9ClO3S.C2H7N/c1-6-5-17-11-7(12(15)16-2)3-4-8(13)9(11)10(6)14;1-3-2/h3-4H,1,5H2,2H3;3H,1-2H3. The molecular formula is C14H16ClNO3S. The second kappa shape index (κ2) is 7.47. The number of hydrogen-bond donors (Lipinski definition) is 1. The molecule has 0 aliphatic carbocycles. The van der Waals surface area contributed by atoms with E-state index < -0.39 is 5.97 Å². The molecule has 0 fully saturated rings. The Morgan fingerprint density at radius 2 is 2.05 bits per heavy atom. The van der Waals surface area contributed by atoms with Gasteiger partial charge < -0.3 is 10.1 Å². The summed E-state index contributed by atoms with van der Waals surface area (Å²) in [5.41, 5.74) is 1.22. The van der Waals surface area contributed by atoms with Crippen molar-refractivity contribution in [1.29, 1.82) is 0 Å². The number of benzene rings is 1. The minimum absolute atomic E-state index is 0.200. The average Bonchev–Trinajstić information content (AvgIpc) is 2.43. The predicted molar refractivity (Wildman–Crippen MR) is 82.0 cm³/mol. The molecule has 0 saturated heterocycles. The molecule has 0 saturated carbocycles. The highest BCUT2D eigenvalue weighted by molar-refractivity contribution is 7.99. The second-order valence-corrected chi connectivity index (χ2v) is 5.40. The zero-order valence-electron chi connectivity index (χ0n) is 11.6. The lowest BCUT2D eigenvalue weighted by Crippen LogP contribution is -2.16. The predicted octanol–water partition coefficient (Wildman–Crippen LogP) is 2.81. The molecule has 0 bridgehead atoms. The summed E-state index contributed by atoms with van der Waals surface area (Å²) in [6.07, 6.45) is 0. The molecule has 0 radical (unpaired) electrons. The van der Waals surface area contributed by atoms with Crippen LogP contribution in [-0.2, 0) is 4.74 Å². The van der Waals surface area contributed by atoms with Gasteiger partial charge in [-0.05, 0) is 26.2 Å². The molecule has 1 N–H and O–H groups in total. The number of ether oxygens (including phenoxy) is 1. The number of nitrogens with one attached hydrogen (secondary N) is 1. The highest BCUT2D eigenvalue weighted by atomic mass is 35.5. The van der Waals surface area contributed by atoms with Crippen LogP contribution in [0.15, 0.2) is 29.2 Å². The first-order valence-corrected chi connectivity index (χ1v) is 7.18. The summed E-state index contributed by atoms with van der Waals surface area (Å²) in [5, 5.41) is 3.09. The van der Waals surface area contributed by atoms with E-state index in [1.54, 1.807) is 6.07 Å². The first-order valence-electron chi connectivity index (χ1n) is 5.82. The summed E-state index contributed by atoms with van der Waals surface area (Å²) in [4.78, 5) is 24.1. The van der Waals surface area contributed by atoms with E-state index in [-0.39, 0.29) is 5.78 Å². The molecule has 1 aliphatic heterocycles. The molecule has 2 rings (SSSR count). The van der Waals surface area contributed by atoms with Crippen LogP contribution in [0.4, 0.5) is 0 Å². The van der Waals surface area contributed by atoms with Crippen molar-refractivity contribution < 1.29 is 14.3 Å². The van der Waals surface area contributed by atoms with Gasteiger partial charge in [0.15, 0.2) is 5.78 Å². The smallest absolute Gasteiger partial charge is 0.339 e. The molecule has 0 unspecified atom stereocenters. The number of fused-ring (bicyclic) bond motifs is 1. The van der Waals surface area contributed by atoms with Crippen molar-refractivity contribution in [2.75, 3.05) is 27.0 Å². The minimum atomic E-state index is -0.467. The van der Waals surface area contributed by atoms with Gasteiger partial charge in [-0.1, -0.05) is 18.2 Å². The van der Waals surface area contributed by atoms with E-state index in [4.69, 9.17) is 11.6 Å². The van der Waals surface area contributed by atoms with Gasteiger partial charge in [0.2, 0.25) is 0 Å². The van der Waals surface area contributed by atoms with Crippen LogP contribution in [0.1, 0.15) is 20.7 Å². The van der Waals surface area contributed by atoms with Gasteiger partial charge in [-0.2, -0.15) is 0 Å². The first kappa shape index (κ1) is 16.8. The second-order valence-electron chi connectivity index (χ2n) is 4.01. The van der Waals surface area contributed by atoms with Gasteiger partial charge in [-0.25, -0.2) is 4.79 Å². The molecule has 0 aromatic heterocycles. The van der Waals surface area contributed by atoms with E-state index in [9.17, 15) is 9.59 Å². The molecule has 1 aromatic rings. The summed E-state index contributed by atoms with van der Waals surface area (Å²) >= 11 is 7.37. The average molecular weight is 314 g/mol. The van der Waals surface area contributed by atoms with Crippen molar-refractivity contribution in [3.63, 3.8) is 0 Å². The number of rotatable bonds is 1. The summed E-state index contributed by atoms with van der Waals surface area (Å²) < 4.78 is 4.68. The molecule has 20 heavy (non-hydrogen) atoms. The number of hydrogen-bond acceptors (Lipinski definition) is 5. The number of methoxy groups -OCH3 is 1. The third kappa shape index (κ3) is 3.42. The van der Waals surface area contributed by atoms with Gasteiger partial charge in [0.1, 0.15) is 0 Å². The van der Waals surface area contributed by atoms with Crippen LogP contribution in [0, 0.1) is 0 Å². The van der Waals surface area contributed by atoms with Gasteiger partial charge in [0.05, 0.1) is 23.3 Å². The highest BCUT2D eigenvalue weighted by Gasteiger charge is 2.28. The maximum atomic E-state index is 12.0. The maximum Gasteiger partial charge on any atom is 0.339 e. The number of carbonyl (C=O) groups excluding carboxylic acids is 2. The molecule has 6 heteroatoms. The van der Waals surface area contributed by atoms with E-state index >= 15 is 0 Å². The summed E-state index contributed by atoms with van der Waals surface area (Å²) in [5.74, 6) is -0.198. The largest absolute Gasteiger partial charge is 0.465 e. The minimum Gasteiger partial charge on any atom is -0.465 e. The van der Waals surface area contributed by atoms with Crippen molar-refractivity contribution in [2.45, 2.75) is 4.90 Å². The van der Waals surface area contributed by atoms with Crippen molar-refractivity contribution in [3.8, 4) is 0 Å². The molecular weight excluding hydrogens is 298 g/mol. The topological polar surface area (TPSA) is 55.4 Å². The molecule has 1 aliphatic rings. The summed E-state index contributed by atoms with van der Waals surface area (Å²) in [6.45, 7) is 3.68. The van der Waals surface area contributed by atoms with Crippen molar-refractivity contribution in [2.24, 2.45) is 0 Å². The normalized spacial score (nSPS) is 13.2. The van der Waals surface area contributed by atoms with Crippen molar-refractivity contribution >= 4 is 35.1 Å².